The van der Waals surface area contributed by atoms with Crippen LogP contribution in [0.3, 0.4) is 0 Å². The largest absolute Gasteiger partial charge is 0.310 e. The number of fused-ring (bicyclic) bond motifs is 1. The van der Waals surface area contributed by atoms with Crippen LogP contribution in [0.25, 0.3) is 21.3 Å². The second-order valence-corrected chi connectivity index (χ2v) is 4.92. The summed E-state index contributed by atoms with van der Waals surface area (Å²) in [4.78, 5) is 20.2. The average Bonchev–Trinajstić information content (AvgIpc) is 2.84. The van der Waals surface area contributed by atoms with Crippen molar-refractivity contribution in [1.82, 2.24) is 9.97 Å². The van der Waals surface area contributed by atoms with E-state index in [2.05, 4.69) is 9.97 Å². The number of nitrogens with one attached hydrogen (secondary N) is 1. The maximum Gasteiger partial charge on any atom is 0.260 e. The van der Waals surface area contributed by atoms with Crippen molar-refractivity contribution < 1.29 is 0 Å². The Kier molecular flexibility index (Phi) is 2.72. The number of aromatic amines is 1. The molecule has 90 valence electrons. The molecule has 0 bridgehead atoms. The van der Waals surface area contributed by atoms with Crippen LogP contribution >= 0.6 is 11.3 Å². The van der Waals surface area contributed by atoms with Crippen LogP contribution in [0.15, 0.2) is 40.5 Å². The minimum absolute atomic E-state index is 0.0445. The fourth-order valence-electron chi connectivity index (χ4n) is 1.99. The highest BCUT2D eigenvalue weighted by molar-refractivity contribution is 7.17. The van der Waals surface area contributed by atoms with Crippen molar-refractivity contribution in [3.05, 3.63) is 51.9 Å². The Balaban J connectivity index is 2.30. The lowest BCUT2D eigenvalue weighted by Crippen LogP contribution is -2.10. The highest BCUT2D eigenvalue weighted by Gasteiger charge is 2.11. The molecule has 0 amide bonds. The van der Waals surface area contributed by atoms with Gasteiger partial charge in [-0.3, -0.25) is 4.79 Å². The zero-order valence-corrected chi connectivity index (χ0v) is 10.8. The molecule has 3 nitrogen and oxygen atoms in total. The number of nitrogens with zero attached hydrogens (tertiary/aromatic N) is 1. The molecule has 0 radical (unpaired) electrons. The molecule has 2 aromatic heterocycles. The van der Waals surface area contributed by atoms with Gasteiger partial charge in [0.1, 0.15) is 10.7 Å². The van der Waals surface area contributed by atoms with E-state index < -0.39 is 0 Å². The Morgan fingerprint density at radius 2 is 2.06 bits per heavy atom. The number of benzene rings is 1. The maximum absolute atomic E-state index is 12.1. The zero-order valence-electron chi connectivity index (χ0n) is 9.93. The number of hydrogen-bond acceptors (Lipinski definition) is 3. The Bertz CT molecular complexity index is 743. The Morgan fingerprint density at radius 1 is 1.28 bits per heavy atom. The lowest BCUT2D eigenvalue weighted by Gasteiger charge is -1.99. The summed E-state index contributed by atoms with van der Waals surface area (Å²) in [6.07, 6.45) is 0.740. The molecule has 3 aromatic rings. The number of hydrogen-bond donors (Lipinski definition) is 1. The highest BCUT2D eigenvalue weighted by atomic mass is 32.1. The molecule has 0 saturated heterocycles. The van der Waals surface area contributed by atoms with E-state index in [4.69, 9.17) is 0 Å². The molecule has 2 heterocycles. The minimum Gasteiger partial charge on any atom is -0.310 e. The third-order valence-corrected chi connectivity index (χ3v) is 3.78. The molecule has 4 heteroatoms. The van der Waals surface area contributed by atoms with Crippen molar-refractivity contribution >= 4 is 21.6 Å². The molecule has 0 fully saturated rings. The number of aromatic nitrogens is 2. The second kappa shape index (κ2) is 4.38. The van der Waals surface area contributed by atoms with Gasteiger partial charge in [0.25, 0.3) is 5.56 Å². The predicted octanol–water partition coefficient (Wildman–Crippen LogP) is 3.21. The van der Waals surface area contributed by atoms with Crippen LogP contribution in [0.4, 0.5) is 0 Å². The summed E-state index contributed by atoms with van der Waals surface area (Å²) in [7, 11) is 0. The van der Waals surface area contributed by atoms with Crippen molar-refractivity contribution in [2.75, 3.05) is 0 Å². The molecular formula is C14H12N2OS. The topological polar surface area (TPSA) is 45.8 Å². The van der Waals surface area contributed by atoms with E-state index >= 15 is 0 Å². The van der Waals surface area contributed by atoms with Gasteiger partial charge in [-0.15, -0.1) is 11.3 Å². The fraction of sp³-hybridized carbons (Fsp3) is 0.143. The van der Waals surface area contributed by atoms with Crippen LogP contribution in [-0.2, 0) is 6.42 Å². The van der Waals surface area contributed by atoms with E-state index in [9.17, 15) is 4.79 Å². The lowest BCUT2D eigenvalue weighted by molar-refractivity contribution is 0.948. The molecular weight excluding hydrogens is 244 g/mol. The van der Waals surface area contributed by atoms with Gasteiger partial charge in [-0.2, -0.15) is 0 Å². The van der Waals surface area contributed by atoms with E-state index in [-0.39, 0.29) is 5.56 Å². The summed E-state index contributed by atoms with van der Waals surface area (Å²) in [5.41, 5.74) is 1.98. The molecule has 0 aliphatic rings. The van der Waals surface area contributed by atoms with Crippen LogP contribution in [0, 0.1) is 0 Å². The van der Waals surface area contributed by atoms with E-state index in [1.165, 1.54) is 11.3 Å². The van der Waals surface area contributed by atoms with Gasteiger partial charge in [0.15, 0.2) is 0 Å². The van der Waals surface area contributed by atoms with Crippen LogP contribution in [-0.4, -0.2) is 9.97 Å². The van der Waals surface area contributed by atoms with Gasteiger partial charge >= 0.3 is 0 Å². The van der Waals surface area contributed by atoms with E-state index in [1.807, 2.05) is 42.6 Å². The van der Waals surface area contributed by atoms with Crippen molar-refractivity contribution in [3.8, 4) is 11.1 Å². The van der Waals surface area contributed by atoms with Gasteiger partial charge in [-0.05, 0) is 5.56 Å². The third-order valence-electron chi connectivity index (χ3n) is 2.91. The van der Waals surface area contributed by atoms with Gasteiger partial charge in [-0.25, -0.2) is 4.98 Å². The molecule has 0 aliphatic carbocycles. The van der Waals surface area contributed by atoms with E-state index in [0.717, 1.165) is 28.2 Å². The number of H-pyrrole nitrogens is 1. The Labute approximate surface area is 108 Å². The number of rotatable bonds is 2. The predicted molar refractivity (Wildman–Crippen MR) is 75.1 cm³/mol. The highest BCUT2D eigenvalue weighted by Crippen LogP contribution is 2.30. The zero-order chi connectivity index (χ0) is 12.5. The number of thiophene rings is 1. The number of aryl methyl sites for hydroxylation is 1. The molecule has 0 unspecified atom stereocenters. The van der Waals surface area contributed by atoms with E-state index in [0.29, 0.717) is 5.39 Å². The lowest BCUT2D eigenvalue weighted by atomic mass is 10.1. The van der Waals surface area contributed by atoms with Crippen molar-refractivity contribution in [1.29, 1.82) is 0 Å². The summed E-state index contributed by atoms with van der Waals surface area (Å²) in [6, 6.07) is 9.93. The van der Waals surface area contributed by atoms with Crippen LogP contribution in [0.2, 0.25) is 0 Å². The molecule has 0 aliphatic heterocycles. The summed E-state index contributed by atoms with van der Waals surface area (Å²) in [6.45, 7) is 1.98. The van der Waals surface area contributed by atoms with Crippen LogP contribution < -0.4 is 5.56 Å². The molecule has 0 saturated carbocycles. The first-order valence-corrected chi connectivity index (χ1v) is 6.73. The fourth-order valence-corrected chi connectivity index (χ4v) is 2.96. The molecule has 0 spiro atoms. The summed E-state index contributed by atoms with van der Waals surface area (Å²) < 4.78 is 0. The maximum atomic E-state index is 12.1. The smallest absolute Gasteiger partial charge is 0.260 e. The van der Waals surface area contributed by atoms with Crippen molar-refractivity contribution in [2.24, 2.45) is 0 Å². The first-order chi connectivity index (χ1) is 8.79. The minimum atomic E-state index is -0.0445. The molecule has 1 N–H and O–H groups in total. The van der Waals surface area contributed by atoms with Crippen LogP contribution in [0.5, 0.6) is 0 Å². The third kappa shape index (κ3) is 1.75. The summed E-state index contributed by atoms with van der Waals surface area (Å²) in [5, 5.41) is 2.70. The van der Waals surface area contributed by atoms with E-state index in [1.54, 1.807) is 0 Å². The SMILES string of the molecule is CCc1nc2scc(-c3ccccc3)c2c(=O)[nH]1. The van der Waals surface area contributed by atoms with Crippen molar-refractivity contribution in [2.45, 2.75) is 13.3 Å². The van der Waals surface area contributed by atoms with Gasteiger partial charge in [0, 0.05) is 17.4 Å². The normalized spacial score (nSPS) is 10.9. The Hall–Kier alpha value is -1.94. The molecule has 18 heavy (non-hydrogen) atoms. The summed E-state index contributed by atoms with van der Waals surface area (Å²) >= 11 is 1.52. The summed E-state index contributed by atoms with van der Waals surface area (Å²) in [5.74, 6) is 0.744. The van der Waals surface area contributed by atoms with Gasteiger partial charge < -0.3 is 4.98 Å². The van der Waals surface area contributed by atoms with Crippen LogP contribution in [0.1, 0.15) is 12.7 Å². The Morgan fingerprint density at radius 3 is 2.78 bits per heavy atom. The van der Waals surface area contributed by atoms with Crippen molar-refractivity contribution in [3.63, 3.8) is 0 Å². The quantitative estimate of drug-likeness (QED) is 0.765. The second-order valence-electron chi connectivity index (χ2n) is 4.06. The average molecular weight is 256 g/mol. The molecule has 3 rings (SSSR count). The molecule has 1 aromatic carbocycles. The first kappa shape index (κ1) is 11.2. The van der Waals surface area contributed by atoms with Gasteiger partial charge in [0.2, 0.25) is 0 Å². The van der Waals surface area contributed by atoms with Gasteiger partial charge in [0.05, 0.1) is 5.39 Å². The van der Waals surface area contributed by atoms with Gasteiger partial charge in [-0.1, -0.05) is 37.3 Å². The molecule has 0 atom stereocenters. The standard InChI is InChI=1S/C14H12N2OS/c1-2-11-15-13(17)12-10(8-18-14(12)16-11)9-6-4-3-5-7-9/h3-8H,2H2,1H3,(H,15,16,17). The first-order valence-electron chi connectivity index (χ1n) is 5.85. The monoisotopic (exact) mass is 256 g/mol.